The van der Waals surface area contributed by atoms with Gasteiger partial charge in [0.1, 0.15) is 0 Å². The zero-order valence-corrected chi connectivity index (χ0v) is 8.91. The van der Waals surface area contributed by atoms with E-state index in [-0.39, 0.29) is 0 Å². The van der Waals surface area contributed by atoms with Crippen LogP contribution in [0.1, 0.15) is 39.0 Å². The highest BCUT2D eigenvalue weighted by atomic mass is 16.2. The average molecular weight is 196 g/mol. The molecule has 1 amide bonds. The third-order valence-electron chi connectivity index (χ3n) is 3.50. The predicted octanol–water partition coefficient (Wildman–Crippen LogP) is 1.12. The molecule has 1 aliphatic carbocycles. The minimum absolute atomic E-state index is 0.332. The predicted molar refractivity (Wildman–Crippen MR) is 55.7 cm³/mol. The summed E-state index contributed by atoms with van der Waals surface area (Å²) in [7, 11) is 0. The van der Waals surface area contributed by atoms with Crippen LogP contribution >= 0.6 is 0 Å². The van der Waals surface area contributed by atoms with Gasteiger partial charge in [-0.3, -0.25) is 4.79 Å². The second-order valence-electron chi connectivity index (χ2n) is 4.78. The minimum Gasteiger partial charge on any atom is -0.339 e. The summed E-state index contributed by atoms with van der Waals surface area (Å²) in [5.41, 5.74) is 5.95. The fourth-order valence-corrected chi connectivity index (χ4v) is 2.94. The van der Waals surface area contributed by atoms with Crippen molar-refractivity contribution in [2.75, 3.05) is 6.54 Å². The molecule has 2 bridgehead atoms. The van der Waals surface area contributed by atoms with E-state index in [0.717, 1.165) is 25.8 Å². The third kappa shape index (κ3) is 1.78. The Morgan fingerprint density at radius 3 is 2.93 bits per heavy atom. The van der Waals surface area contributed by atoms with Crippen molar-refractivity contribution in [3.63, 3.8) is 0 Å². The summed E-state index contributed by atoms with van der Waals surface area (Å²) >= 11 is 0. The molecule has 0 spiro atoms. The molecule has 2 aliphatic rings. The van der Waals surface area contributed by atoms with Gasteiger partial charge in [0.2, 0.25) is 5.91 Å². The Hall–Kier alpha value is -0.570. The van der Waals surface area contributed by atoms with Crippen molar-refractivity contribution in [2.45, 2.75) is 51.1 Å². The largest absolute Gasteiger partial charge is 0.339 e. The number of hydrogen-bond acceptors (Lipinski definition) is 2. The van der Waals surface area contributed by atoms with E-state index in [2.05, 4.69) is 11.8 Å². The second kappa shape index (κ2) is 3.89. The summed E-state index contributed by atoms with van der Waals surface area (Å²) in [6.07, 6.45) is 5.00. The standard InChI is InChI=1S/C11H20N2O/c1-2-3-11(14)13-7-8-4-9(12)6-10(13)5-8/h8-10H,2-7,12H2,1H3. The third-order valence-corrected chi connectivity index (χ3v) is 3.50. The van der Waals surface area contributed by atoms with Crippen LogP contribution in [-0.2, 0) is 4.79 Å². The molecule has 3 unspecified atom stereocenters. The first-order chi connectivity index (χ1) is 6.70. The van der Waals surface area contributed by atoms with Gasteiger partial charge in [-0.25, -0.2) is 0 Å². The van der Waals surface area contributed by atoms with Crippen LogP contribution in [0.4, 0.5) is 0 Å². The molecule has 2 fully saturated rings. The Bertz CT molecular complexity index is 229. The van der Waals surface area contributed by atoms with Crippen molar-refractivity contribution in [1.82, 2.24) is 4.90 Å². The van der Waals surface area contributed by atoms with Gasteiger partial charge in [-0.1, -0.05) is 6.92 Å². The Kier molecular flexibility index (Phi) is 2.77. The van der Waals surface area contributed by atoms with Crippen molar-refractivity contribution >= 4 is 5.91 Å². The van der Waals surface area contributed by atoms with Gasteiger partial charge in [0.05, 0.1) is 0 Å². The van der Waals surface area contributed by atoms with Crippen molar-refractivity contribution < 1.29 is 4.79 Å². The number of nitrogens with two attached hydrogens (primary N) is 1. The van der Waals surface area contributed by atoms with Gasteiger partial charge < -0.3 is 10.6 Å². The van der Waals surface area contributed by atoms with Crippen LogP contribution in [-0.4, -0.2) is 29.4 Å². The molecule has 0 aromatic heterocycles. The Morgan fingerprint density at radius 1 is 1.43 bits per heavy atom. The fourth-order valence-electron chi connectivity index (χ4n) is 2.94. The van der Waals surface area contributed by atoms with Gasteiger partial charge in [-0.15, -0.1) is 0 Å². The zero-order chi connectivity index (χ0) is 10.1. The molecule has 0 aromatic carbocycles. The summed E-state index contributed by atoms with van der Waals surface area (Å²) in [5.74, 6) is 1.03. The fraction of sp³-hybridized carbons (Fsp3) is 0.909. The van der Waals surface area contributed by atoms with Gasteiger partial charge in [0.25, 0.3) is 0 Å². The number of amides is 1. The van der Waals surface area contributed by atoms with E-state index in [1.807, 2.05) is 0 Å². The van der Waals surface area contributed by atoms with Crippen molar-refractivity contribution in [3.8, 4) is 0 Å². The van der Waals surface area contributed by atoms with Crippen LogP contribution in [0, 0.1) is 5.92 Å². The van der Waals surface area contributed by atoms with E-state index >= 15 is 0 Å². The molecular weight excluding hydrogens is 176 g/mol. The molecule has 1 saturated carbocycles. The van der Waals surface area contributed by atoms with Crippen molar-refractivity contribution in [1.29, 1.82) is 0 Å². The molecular formula is C11H20N2O. The molecule has 3 heteroatoms. The molecule has 1 heterocycles. The molecule has 2 rings (SSSR count). The maximum absolute atomic E-state index is 11.8. The molecule has 3 nitrogen and oxygen atoms in total. The van der Waals surface area contributed by atoms with E-state index in [0.29, 0.717) is 30.3 Å². The first-order valence-electron chi connectivity index (χ1n) is 5.75. The molecule has 0 aromatic rings. The van der Waals surface area contributed by atoms with Crippen LogP contribution in [0.3, 0.4) is 0 Å². The van der Waals surface area contributed by atoms with Gasteiger partial charge in [0.15, 0.2) is 0 Å². The summed E-state index contributed by atoms with van der Waals surface area (Å²) in [4.78, 5) is 13.9. The molecule has 80 valence electrons. The average Bonchev–Trinajstić information content (AvgIpc) is 2.42. The number of nitrogens with zero attached hydrogens (tertiary/aromatic N) is 1. The quantitative estimate of drug-likeness (QED) is 0.719. The Balaban J connectivity index is 1.98. The van der Waals surface area contributed by atoms with E-state index in [4.69, 9.17) is 5.73 Å². The van der Waals surface area contributed by atoms with Crippen molar-refractivity contribution in [3.05, 3.63) is 0 Å². The maximum Gasteiger partial charge on any atom is 0.222 e. The summed E-state index contributed by atoms with van der Waals surface area (Å²) in [6.45, 7) is 3.03. The van der Waals surface area contributed by atoms with Crippen molar-refractivity contribution in [2.24, 2.45) is 11.7 Å². The lowest BCUT2D eigenvalue weighted by molar-refractivity contribution is -0.132. The SMILES string of the molecule is CCCC(=O)N1CC2CC(N)CC1C2. The minimum atomic E-state index is 0.332. The highest BCUT2D eigenvalue weighted by Crippen LogP contribution is 2.35. The Labute approximate surface area is 85.6 Å². The van der Waals surface area contributed by atoms with E-state index in [9.17, 15) is 4.79 Å². The van der Waals surface area contributed by atoms with Gasteiger partial charge in [-0.2, -0.15) is 0 Å². The smallest absolute Gasteiger partial charge is 0.222 e. The maximum atomic E-state index is 11.8. The van der Waals surface area contributed by atoms with Gasteiger partial charge in [0, 0.05) is 25.0 Å². The molecule has 14 heavy (non-hydrogen) atoms. The topological polar surface area (TPSA) is 46.3 Å². The van der Waals surface area contributed by atoms with E-state index in [1.54, 1.807) is 0 Å². The van der Waals surface area contributed by atoms with Gasteiger partial charge >= 0.3 is 0 Å². The number of likely N-dealkylation sites (tertiary alicyclic amines) is 1. The lowest BCUT2D eigenvalue weighted by Gasteiger charge is -2.27. The number of carbonyl (C=O) groups excluding carboxylic acids is 1. The molecule has 0 radical (unpaired) electrons. The summed E-state index contributed by atoms with van der Waals surface area (Å²) in [5, 5.41) is 0. The molecule has 3 atom stereocenters. The second-order valence-corrected chi connectivity index (χ2v) is 4.78. The zero-order valence-electron chi connectivity index (χ0n) is 8.91. The number of rotatable bonds is 2. The van der Waals surface area contributed by atoms with Gasteiger partial charge in [-0.05, 0) is 31.6 Å². The summed E-state index contributed by atoms with van der Waals surface area (Å²) < 4.78 is 0. The van der Waals surface area contributed by atoms with Crippen LogP contribution in [0.15, 0.2) is 0 Å². The monoisotopic (exact) mass is 196 g/mol. The van der Waals surface area contributed by atoms with Crippen LogP contribution in [0.5, 0.6) is 0 Å². The highest BCUT2D eigenvalue weighted by Gasteiger charge is 2.39. The first-order valence-corrected chi connectivity index (χ1v) is 5.75. The lowest BCUT2D eigenvalue weighted by atomic mass is 9.87. The lowest BCUT2D eigenvalue weighted by Crippen LogP contribution is -2.38. The number of hydrogen-bond donors (Lipinski definition) is 1. The normalized spacial score (nSPS) is 36.1. The van der Waals surface area contributed by atoms with Crippen LogP contribution < -0.4 is 5.73 Å². The molecule has 1 aliphatic heterocycles. The Morgan fingerprint density at radius 2 is 2.21 bits per heavy atom. The van der Waals surface area contributed by atoms with Crippen LogP contribution in [0.25, 0.3) is 0 Å². The number of fused-ring (bicyclic) bond motifs is 2. The van der Waals surface area contributed by atoms with E-state index in [1.165, 1.54) is 6.42 Å². The number of carbonyl (C=O) groups is 1. The highest BCUT2D eigenvalue weighted by molar-refractivity contribution is 5.76. The molecule has 2 N–H and O–H groups in total. The summed E-state index contributed by atoms with van der Waals surface area (Å²) in [6, 6.07) is 0.793. The molecule has 1 saturated heterocycles. The first kappa shape index (κ1) is 9.97. The van der Waals surface area contributed by atoms with Crippen LogP contribution in [0.2, 0.25) is 0 Å². The van der Waals surface area contributed by atoms with E-state index < -0.39 is 0 Å².